The molecular weight excluding hydrogens is 264 g/mol. The minimum absolute atomic E-state index is 0.0101. The first-order chi connectivity index (χ1) is 9.01. The van der Waals surface area contributed by atoms with Gasteiger partial charge >= 0.3 is 0 Å². The van der Waals surface area contributed by atoms with Crippen molar-refractivity contribution in [3.05, 3.63) is 35.4 Å². The summed E-state index contributed by atoms with van der Waals surface area (Å²) in [4.78, 5) is 0. The molecule has 1 aromatic rings. The monoisotopic (exact) mass is 286 g/mol. The zero-order valence-corrected chi connectivity index (χ0v) is 12.3. The molecule has 19 heavy (non-hydrogen) atoms. The fourth-order valence-corrected chi connectivity index (χ4v) is 3.08. The van der Waals surface area contributed by atoms with Gasteiger partial charge in [-0.25, -0.2) is 12.7 Å². The van der Waals surface area contributed by atoms with Crippen LogP contribution in [0.2, 0.25) is 0 Å². The Morgan fingerprint density at radius 3 is 2.47 bits per heavy atom. The summed E-state index contributed by atoms with van der Waals surface area (Å²) in [5.41, 5.74) is 7.26. The Balaban J connectivity index is 2.73. The molecule has 0 aromatic heterocycles. The van der Waals surface area contributed by atoms with Crippen molar-refractivity contribution in [1.82, 2.24) is 4.31 Å². The highest BCUT2D eigenvalue weighted by molar-refractivity contribution is 7.88. The predicted octanol–water partition coefficient (Wildman–Crippen LogP) is 0.943. The molecule has 5 nitrogen and oxygen atoms in total. The first-order valence-electron chi connectivity index (χ1n) is 6.21. The van der Waals surface area contributed by atoms with E-state index in [9.17, 15) is 8.42 Å². The summed E-state index contributed by atoms with van der Waals surface area (Å²) in [6.45, 7) is 1.36. The Hall–Kier alpha value is -0.950. The van der Waals surface area contributed by atoms with Gasteiger partial charge in [0, 0.05) is 33.9 Å². The number of sulfonamides is 1. The summed E-state index contributed by atoms with van der Waals surface area (Å²) < 4.78 is 30.7. The van der Waals surface area contributed by atoms with Crippen LogP contribution in [0.5, 0.6) is 0 Å². The Bertz CT molecular complexity index is 488. The molecule has 1 aromatic carbocycles. The maximum absolute atomic E-state index is 12.2. The smallest absolute Gasteiger partial charge is 0.218 e. The van der Waals surface area contributed by atoms with Crippen LogP contribution >= 0.6 is 0 Å². The molecule has 108 valence electrons. The second kappa shape index (κ2) is 7.59. The third-order valence-electron chi connectivity index (χ3n) is 2.97. The van der Waals surface area contributed by atoms with Gasteiger partial charge in [-0.05, 0) is 17.5 Å². The van der Waals surface area contributed by atoms with Gasteiger partial charge in [0.15, 0.2) is 0 Å². The van der Waals surface area contributed by atoms with E-state index in [2.05, 4.69) is 0 Å². The van der Waals surface area contributed by atoms with Crippen LogP contribution in [0.25, 0.3) is 0 Å². The zero-order chi connectivity index (χ0) is 14.3. The summed E-state index contributed by atoms with van der Waals surface area (Å²) in [5, 5.41) is 0. The van der Waals surface area contributed by atoms with E-state index in [0.29, 0.717) is 26.1 Å². The average molecular weight is 286 g/mol. The molecule has 0 amide bonds. The Kier molecular flexibility index (Phi) is 6.44. The number of ether oxygens (including phenoxy) is 1. The number of hydrogen-bond acceptors (Lipinski definition) is 4. The van der Waals surface area contributed by atoms with E-state index in [0.717, 1.165) is 11.1 Å². The van der Waals surface area contributed by atoms with E-state index in [1.165, 1.54) is 4.31 Å². The molecular formula is C13H22N2O3S. The first kappa shape index (κ1) is 16.1. The van der Waals surface area contributed by atoms with Gasteiger partial charge in [0.05, 0.1) is 5.75 Å². The van der Waals surface area contributed by atoms with Crippen LogP contribution in [0.15, 0.2) is 24.3 Å². The maximum atomic E-state index is 12.2. The molecule has 0 aliphatic heterocycles. The number of methoxy groups -OCH3 is 1. The number of nitrogens with zero attached hydrogens (tertiary/aromatic N) is 1. The quantitative estimate of drug-likeness (QED) is 0.722. The summed E-state index contributed by atoms with van der Waals surface area (Å²) >= 11 is 0. The Labute approximate surface area is 115 Å². The van der Waals surface area contributed by atoms with Gasteiger partial charge in [-0.1, -0.05) is 24.3 Å². The molecule has 0 unspecified atom stereocenters. The van der Waals surface area contributed by atoms with Gasteiger partial charge in [0.25, 0.3) is 0 Å². The molecule has 0 saturated heterocycles. The first-order valence-corrected chi connectivity index (χ1v) is 7.82. The average Bonchev–Trinajstić information content (AvgIpc) is 2.39. The summed E-state index contributed by atoms with van der Waals surface area (Å²) in [5.74, 6) is -0.0101. The van der Waals surface area contributed by atoms with Crippen molar-refractivity contribution in [3.63, 3.8) is 0 Å². The van der Waals surface area contributed by atoms with Crippen molar-refractivity contribution in [3.8, 4) is 0 Å². The van der Waals surface area contributed by atoms with Crippen LogP contribution in [-0.2, 0) is 27.1 Å². The molecule has 0 aliphatic carbocycles. The van der Waals surface area contributed by atoms with E-state index in [1.807, 2.05) is 24.3 Å². The summed E-state index contributed by atoms with van der Waals surface area (Å²) in [6, 6.07) is 7.36. The minimum Gasteiger partial charge on any atom is -0.385 e. The molecule has 1 rings (SSSR count). The lowest BCUT2D eigenvalue weighted by atomic mass is 10.1. The van der Waals surface area contributed by atoms with Gasteiger partial charge < -0.3 is 10.5 Å². The molecule has 0 bridgehead atoms. The number of hydrogen-bond donors (Lipinski definition) is 1. The fourth-order valence-electron chi connectivity index (χ4n) is 1.77. The number of nitrogens with two attached hydrogens (primary N) is 1. The van der Waals surface area contributed by atoms with E-state index < -0.39 is 10.0 Å². The predicted molar refractivity (Wildman–Crippen MR) is 76.1 cm³/mol. The third-order valence-corrected chi connectivity index (χ3v) is 4.78. The number of benzene rings is 1. The Morgan fingerprint density at radius 1 is 1.26 bits per heavy atom. The standard InChI is InChI=1S/C13H22N2O3S/c1-15(8-5-9-18-2)19(16,17)11-13-7-4-3-6-12(13)10-14/h3-4,6-7H,5,8-11,14H2,1-2H3. The topological polar surface area (TPSA) is 72.6 Å². The Morgan fingerprint density at radius 2 is 1.89 bits per heavy atom. The molecule has 2 N–H and O–H groups in total. The van der Waals surface area contributed by atoms with Crippen LogP contribution < -0.4 is 5.73 Å². The second-order valence-corrected chi connectivity index (χ2v) is 6.47. The highest BCUT2D eigenvalue weighted by Gasteiger charge is 2.19. The van der Waals surface area contributed by atoms with Gasteiger partial charge in [-0.3, -0.25) is 0 Å². The van der Waals surface area contributed by atoms with Crippen molar-refractivity contribution in [2.75, 3.05) is 27.3 Å². The van der Waals surface area contributed by atoms with Gasteiger partial charge in [-0.2, -0.15) is 0 Å². The van der Waals surface area contributed by atoms with Crippen LogP contribution in [-0.4, -0.2) is 40.0 Å². The molecule has 0 saturated carbocycles. The SMILES string of the molecule is COCCCN(C)S(=O)(=O)Cc1ccccc1CN. The largest absolute Gasteiger partial charge is 0.385 e. The maximum Gasteiger partial charge on any atom is 0.218 e. The van der Waals surface area contributed by atoms with E-state index in [1.54, 1.807) is 14.2 Å². The van der Waals surface area contributed by atoms with Crippen LogP contribution in [0, 0.1) is 0 Å². The normalized spacial score (nSPS) is 12.0. The highest BCUT2D eigenvalue weighted by atomic mass is 32.2. The van der Waals surface area contributed by atoms with Crippen molar-refractivity contribution >= 4 is 10.0 Å². The summed E-state index contributed by atoms with van der Waals surface area (Å²) in [7, 11) is -0.108. The molecule has 0 radical (unpaired) electrons. The van der Waals surface area contributed by atoms with Gasteiger partial charge in [0.1, 0.15) is 0 Å². The van der Waals surface area contributed by atoms with Crippen LogP contribution in [0.4, 0.5) is 0 Å². The van der Waals surface area contributed by atoms with E-state index in [4.69, 9.17) is 10.5 Å². The van der Waals surface area contributed by atoms with Crippen molar-refractivity contribution in [1.29, 1.82) is 0 Å². The number of rotatable bonds is 8. The van der Waals surface area contributed by atoms with Crippen molar-refractivity contribution < 1.29 is 13.2 Å². The van der Waals surface area contributed by atoms with E-state index >= 15 is 0 Å². The van der Waals surface area contributed by atoms with Gasteiger partial charge in [-0.15, -0.1) is 0 Å². The fraction of sp³-hybridized carbons (Fsp3) is 0.538. The lowest BCUT2D eigenvalue weighted by molar-refractivity contribution is 0.189. The van der Waals surface area contributed by atoms with Crippen molar-refractivity contribution in [2.45, 2.75) is 18.7 Å². The lowest BCUT2D eigenvalue weighted by Crippen LogP contribution is -2.30. The molecule has 0 atom stereocenters. The minimum atomic E-state index is -3.30. The van der Waals surface area contributed by atoms with Gasteiger partial charge in [0.2, 0.25) is 10.0 Å². The van der Waals surface area contributed by atoms with E-state index in [-0.39, 0.29) is 5.75 Å². The van der Waals surface area contributed by atoms with Crippen LogP contribution in [0.1, 0.15) is 17.5 Å². The highest BCUT2D eigenvalue weighted by Crippen LogP contribution is 2.14. The van der Waals surface area contributed by atoms with Crippen molar-refractivity contribution in [2.24, 2.45) is 5.73 Å². The van der Waals surface area contributed by atoms with Crippen LogP contribution in [0.3, 0.4) is 0 Å². The molecule has 6 heteroatoms. The summed E-state index contributed by atoms with van der Waals surface area (Å²) in [6.07, 6.45) is 0.685. The zero-order valence-electron chi connectivity index (χ0n) is 11.5. The third kappa shape index (κ3) is 4.91. The molecule has 0 aliphatic rings. The lowest BCUT2D eigenvalue weighted by Gasteiger charge is -2.18. The second-order valence-electron chi connectivity index (χ2n) is 4.40. The molecule has 0 spiro atoms. The molecule has 0 fully saturated rings. The molecule has 0 heterocycles.